The van der Waals surface area contributed by atoms with Crippen LogP contribution in [0.5, 0.6) is 11.5 Å². The highest BCUT2D eigenvalue weighted by Gasteiger charge is 2.25. The standard InChI is InChI=1S/C20H24N2O3/c1-4-6-15-19(18(20(21)23)13(3)22(15)9-5-2)14-7-8-16-17(12-14)25-11-10-24-16/h5,7-8,12H,2,4,6,9-11H2,1,3H3,(H2,21,23). The van der Waals surface area contributed by atoms with Gasteiger partial charge in [-0.25, -0.2) is 0 Å². The molecule has 5 heteroatoms. The molecule has 1 amide bonds. The molecule has 0 bridgehead atoms. The number of carbonyl (C=O) groups excluding carboxylic acids is 1. The molecule has 3 rings (SSSR count). The molecule has 1 aromatic carbocycles. The molecule has 1 aromatic heterocycles. The van der Waals surface area contributed by atoms with Crippen molar-refractivity contribution < 1.29 is 14.3 Å². The van der Waals surface area contributed by atoms with Gasteiger partial charge in [0.15, 0.2) is 11.5 Å². The molecule has 5 nitrogen and oxygen atoms in total. The van der Waals surface area contributed by atoms with Gasteiger partial charge in [-0.3, -0.25) is 4.79 Å². The third-order valence-corrected chi connectivity index (χ3v) is 4.51. The van der Waals surface area contributed by atoms with Crippen LogP contribution in [0.4, 0.5) is 0 Å². The Bertz CT molecular complexity index is 821. The van der Waals surface area contributed by atoms with Gasteiger partial charge in [0.25, 0.3) is 5.91 Å². The molecule has 0 aliphatic carbocycles. The van der Waals surface area contributed by atoms with Crippen molar-refractivity contribution in [2.75, 3.05) is 13.2 Å². The van der Waals surface area contributed by atoms with Crippen LogP contribution in [0.1, 0.15) is 35.1 Å². The highest BCUT2D eigenvalue weighted by Crippen LogP contribution is 2.39. The monoisotopic (exact) mass is 340 g/mol. The molecule has 2 N–H and O–H groups in total. The lowest BCUT2D eigenvalue weighted by Crippen LogP contribution is -2.15. The van der Waals surface area contributed by atoms with Crippen LogP contribution in [0.2, 0.25) is 0 Å². The molecule has 132 valence electrons. The number of aromatic nitrogens is 1. The Morgan fingerprint density at radius 3 is 2.68 bits per heavy atom. The Kier molecular flexibility index (Phi) is 4.83. The number of hydrogen-bond donors (Lipinski definition) is 1. The lowest BCUT2D eigenvalue weighted by molar-refractivity contribution is 0.1000. The predicted octanol–water partition coefficient (Wildman–Crippen LogP) is 3.47. The molecule has 0 fully saturated rings. The first-order valence-electron chi connectivity index (χ1n) is 8.61. The third kappa shape index (κ3) is 3.02. The van der Waals surface area contributed by atoms with Gasteiger partial charge in [0.2, 0.25) is 0 Å². The summed E-state index contributed by atoms with van der Waals surface area (Å²) in [6.07, 6.45) is 3.66. The minimum atomic E-state index is -0.414. The summed E-state index contributed by atoms with van der Waals surface area (Å²) in [5.74, 6) is 1.02. The number of primary amides is 1. The van der Waals surface area contributed by atoms with Crippen LogP contribution < -0.4 is 15.2 Å². The van der Waals surface area contributed by atoms with E-state index in [1.54, 1.807) is 0 Å². The molecule has 0 atom stereocenters. The van der Waals surface area contributed by atoms with Gasteiger partial charge < -0.3 is 19.8 Å². The van der Waals surface area contributed by atoms with Crippen LogP contribution in [0.25, 0.3) is 11.1 Å². The number of rotatable bonds is 6. The van der Waals surface area contributed by atoms with Crippen LogP contribution in [-0.4, -0.2) is 23.7 Å². The van der Waals surface area contributed by atoms with Gasteiger partial charge in [-0.15, -0.1) is 6.58 Å². The molecule has 0 saturated heterocycles. The van der Waals surface area contributed by atoms with Gasteiger partial charge in [0.05, 0.1) is 5.56 Å². The number of allylic oxidation sites excluding steroid dienone is 1. The van der Waals surface area contributed by atoms with E-state index in [4.69, 9.17) is 15.2 Å². The van der Waals surface area contributed by atoms with Gasteiger partial charge in [0, 0.05) is 23.5 Å². The van der Waals surface area contributed by atoms with E-state index >= 15 is 0 Å². The second kappa shape index (κ2) is 7.05. The van der Waals surface area contributed by atoms with Gasteiger partial charge in [-0.1, -0.05) is 25.5 Å². The van der Waals surface area contributed by atoms with E-state index in [0.29, 0.717) is 31.1 Å². The number of hydrogen-bond acceptors (Lipinski definition) is 3. The number of ether oxygens (including phenoxy) is 2. The lowest BCUT2D eigenvalue weighted by Gasteiger charge is -2.19. The zero-order chi connectivity index (χ0) is 18.0. The molecule has 25 heavy (non-hydrogen) atoms. The van der Waals surface area contributed by atoms with Crippen molar-refractivity contribution in [3.05, 3.63) is 47.8 Å². The van der Waals surface area contributed by atoms with Gasteiger partial charge >= 0.3 is 0 Å². The Balaban J connectivity index is 2.24. The summed E-state index contributed by atoms with van der Waals surface area (Å²) < 4.78 is 13.4. The largest absolute Gasteiger partial charge is 0.486 e. The highest BCUT2D eigenvalue weighted by atomic mass is 16.6. The molecule has 1 aliphatic heterocycles. The Hall–Kier alpha value is -2.69. The summed E-state index contributed by atoms with van der Waals surface area (Å²) in [6, 6.07) is 5.80. The Morgan fingerprint density at radius 1 is 1.32 bits per heavy atom. The van der Waals surface area contributed by atoms with E-state index in [1.165, 1.54) is 0 Å². The maximum atomic E-state index is 12.2. The number of carbonyl (C=O) groups is 1. The number of amides is 1. The van der Waals surface area contributed by atoms with Gasteiger partial charge in [-0.2, -0.15) is 0 Å². The maximum absolute atomic E-state index is 12.2. The molecule has 2 heterocycles. The summed E-state index contributed by atoms with van der Waals surface area (Å²) in [5.41, 5.74) is 10.1. The smallest absolute Gasteiger partial charge is 0.251 e. The quantitative estimate of drug-likeness (QED) is 0.819. The van der Waals surface area contributed by atoms with E-state index in [9.17, 15) is 4.79 Å². The average Bonchev–Trinajstić information content (AvgIpc) is 2.88. The zero-order valence-corrected chi connectivity index (χ0v) is 14.8. The van der Waals surface area contributed by atoms with Crippen molar-refractivity contribution in [2.45, 2.75) is 33.2 Å². The zero-order valence-electron chi connectivity index (χ0n) is 14.8. The van der Waals surface area contributed by atoms with Gasteiger partial charge in [-0.05, 0) is 31.0 Å². The van der Waals surface area contributed by atoms with Crippen molar-refractivity contribution >= 4 is 5.91 Å². The van der Waals surface area contributed by atoms with Crippen molar-refractivity contribution in [3.63, 3.8) is 0 Å². The average molecular weight is 340 g/mol. The SMILES string of the molecule is C=CCn1c(C)c(C(N)=O)c(-c2ccc3c(c2)OCCO3)c1CCC. The summed E-state index contributed by atoms with van der Waals surface area (Å²) in [5, 5.41) is 0. The fourth-order valence-corrected chi connectivity index (χ4v) is 3.48. The van der Waals surface area contributed by atoms with E-state index in [2.05, 4.69) is 18.1 Å². The summed E-state index contributed by atoms with van der Waals surface area (Å²) >= 11 is 0. The first kappa shape index (κ1) is 17.1. The molecule has 0 unspecified atom stereocenters. The Labute approximate surface area is 148 Å². The van der Waals surface area contributed by atoms with Crippen molar-refractivity contribution in [2.24, 2.45) is 5.73 Å². The number of nitrogens with zero attached hydrogens (tertiary/aromatic N) is 1. The van der Waals surface area contributed by atoms with Crippen molar-refractivity contribution in [3.8, 4) is 22.6 Å². The minimum absolute atomic E-state index is 0.414. The fourth-order valence-electron chi connectivity index (χ4n) is 3.48. The molecule has 0 spiro atoms. The Morgan fingerprint density at radius 2 is 2.04 bits per heavy atom. The lowest BCUT2D eigenvalue weighted by atomic mass is 9.97. The fraction of sp³-hybridized carbons (Fsp3) is 0.350. The van der Waals surface area contributed by atoms with Crippen LogP contribution in [-0.2, 0) is 13.0 Å². The predicted molar refractivity (Wildman–Crippen MR) is 98.3 cm³/mol. The number of benzene rings is 1. The molecular weight excluding hydrogens is 316 g/mol. The third-order valence-electron chi connectivity index (χ3n) is 4.51. The molecule has 2 aromatic rings. The number of fused-ring (bicyclic) bond motifs is 1. The van der Waals surface area contributed by atoms with E-state index in [0.717, 1.165) is 41.1 Å². The second-order valence-electron chi connectivity index (χ2n) is 6.15. The van der Waals surface area contributed by atoms with Crippen molar-refractivity contribution in [1.82, 2.24) is 4.57 Å². The maximum Gasteiger partial charge on any atom is 0.251 e. The van der Waals surface area contributed by atoms with E-state index in [-0.39, 0.29) is 0 Å². The van der Waals surface area contributed by atoms with Crippen LogP contribution in [0.15, 0.2) is 30.9 Å². The summed E-state index contributed by atoms with van der Waals surface area (Å²) in [6.45, 7) is 9.62. The highest BCUT2D eigenvalue weighted by molar-refractivity contribution is 6.02. The molecule has 0 radical (unpaired) electrons. The second-order valence-corrected chi connectivity index (χ2v) is 6.15. The van der Waals surface area contributed by atoms with E-state index < -0.39 is 5.91 Å². The first-order chi connectivity index (χ1) is 12.1. The van der Waals surface area contributed by atoms with Crippen LogP contribution >= 0.6 is 0 Å². The van der Waals surface area contributed by atoms with Crippen LogP contribution in [0, 0.1) is 6.92 Å². The number of nitrogens with two attached hydrogens (primary N) is 1. The molecule has 0 saturated carbocycles. The molecule has 1 aliphatic rings. The van der Waals surface area contributed by atoms with Crippen molar-refractivity contribution in [1.29, 1.82) is 0 Å². The first-order valence-corrected chi connectivity index (χ1v) is 8.61. The molecular formula is C20H24N2O3. The van der Waals surface area contributed by atoms with Gasteiger partial charge in [0.1, 0.15) is 13.2 Å². The topological polar surface area (TPSA) is 66.5 Å². The minimum Gasteiger partial charge on any atom is -0.486 e. The normalized spacial score (nSPS) is 12.9. The summed E-state index contributed by atoms with van der Waals surface area (Å²) in [7, 11) is 0. The van der Waals surface area contributed by atoms with Crippen LogP contribution in [0.3, 0.4) is 0 Å². The van der Waals surface area contributed by atoms with E-state index in [1.807, 2.05) is 31.2 Å². The summed E-state index contributed by atoms with van der Waals surface area (Å²) in [4.78, 5) is 12.2.